The first kappa shape index (κ1) is 19.1. The second-order valence-electron chi connectivity index (χ2n) is 10.3. The molecule has 1 aliphatic heterocycles. The van der Waals surface area contributed by atoms with E-state index in [1.54, 1.807) is 0 Å². The summed E-state index contributed by atoms with van der Waals surface area (Å²) >= 11 is 0. The first-order valence-corrected chi connectivity index (χ1v) is 11.1. The van der Waals surface area contributed by atoms with E-state index in [4.69, 9.17) is 14.2 Å². The Morgan fingerprint density at radius 2 is 1.82 bits per heavy atom. The van der Waals surface area contributed by atoms with Gasteiger partial charge in [-0.1, -0.05) is 25.5 Å². The Hall–Kier alpha value is -0.910. The molecule has 5 heteroatoms. The fraction of sp³-hybridized carbons (Fsp3) is 0.870. The van der Waals surface area contributed by atoms with Crippen LogP contribution in [0.25, 0.3) is 0 Å². The minimum absolute atomic E-state index is 0.0116. The molecule has 1 saturated heterocycles. The summed E-state index contributed by atoms with van der Waals surface area (Å²) in [5.41, 5.74) is 1.40. The fourth-order valence-corrected chi connectivity index (χ4v) is 7.84. The van der Waals surface area contributed by atoms with Crippen molar-refractivity contribution in [3.05, 3.63) is 11.6 Å². The second-order valence-corrected chi connectivity index (χ2v) is 10.3. The molecule has 0 aromatic rings. The number of esters is 1. The minimum Gasteiger partial charge on any atom is -0.462 e. The van der Waals surface area contributed by atoms with Crippen LogP contribution in [0.1, 0.15) is 65.7 Å². The van der Waals surface area contributed by atoms with Crippen molar-refractivity contribution in [2.24, 2.45) is 28.6 Å². The maximum Gasteiger partial charge on any atom is 0.302 e. The molecular formula is C23H34O5. The van der Waals surface area contributed by atoms with Crippen molar-refractivity contribution in [2.45, 2.75) is 83.7 Å². The Morgan fingerprint density at radius 1 is 1.11 bits per heavy atom. The average Bonchev–Trinajstić information content (AvgIpc) is 3.23. The van der Waals surface area contributed by atoms with E-state index in [0.29, 0.717) is 25.0 Å². The molecular weight excluding hydrogens is 356 g/mol. The zero-order valence-electron chi connectivity index (χ0n) is 17.4. The highest BCUT2D eigenvalue weighted by atomic mass is 16.7. The summed E-state index contributed by atoms with van der Waals surface area (Å²) in [6.45, 7) is 7.61. The number of carbonyl (C=O) groups is 1. The third-order valence-corrected chi connectivity index (χ3v) is 9.21. The zero-order valence-corrected chi connectivity index (χ0v) is 17.4. The maximum absolute atomic E-state index is 11.4. The summed E-state index contributed by atoms with van der Waals surface area (Å²) in [5, 5.41) is 11.3. The van der Waals surface area contributed by atoms with E-state index in [1.807, 2.05) is 0 Å². The van der Waals surface area contributed by atoms with Crippen LogP contribution in [0.4, 0.5) is 0 Å². The topological polar surface area (TPSA) is 65.0 Å². The van der Waals surface area contributed by atoms with Gasteiger partial charge in [0.15, 0.2) is 5.79 Å². The quantitative estimate of drug-likeness (QED) is 0.547. The van der Waals surface area contributed by atoms with Crippen LogP contribution in [0.15, 0.2) is 11.6 Å². The van der Waals surface area contributed by atoms with Crippen molar-refractivity contribution in [1.82, 2.24) is 0 Å². The molecule has 3 unspecified atom stereocenters. The van der Waals surface area contributed by atoms with Gasteiger partial charge in [-0.2, -0.15) is 0 Å². The van der Waals surface area contributed by atoms with Crippen molar-refractivity contribution in [3.63, 3.8) is 0 Å². The molecule has 28 heavy (non-hydrogen) atoms. The molecule has 0 aromatic carbocycles. The summed E-state index contributed by atoms with van der Waals surface area (Å²) in [6.07, 6.45) is 8.61. The Labute approximate surface area is 167 Å². The van der Waals surface area contributed by atoms with Crippen molar-refractivity contribution >= 4 is 5.97 Å². The number of ether oxygens (including phenoxy) is 3. The average molecular weight is 391 g/mol. The summed E-state index contributed by atoms with van der Waals surface area (Å²) < 4.78 is 17.9. The van der Waals surface area contributed by atoms with Crippen molar-refractivity contribution in [2.75, 3.05) is 13.2 Å². The summed E-state index contributed by atoms with van der Waals surface area (Å²) in [5.74, 6) is 0.547. The Balaban J connectivity index is 1.46. The molecule has 0 radical (unpaired) electrons. The minimum atomic E-state index is -0.430. The van der Waals surface area contributed by atoms with Gasteiger partial charge in [0.05, 0.1) is 19.3 Å². The van der Waals surface area contributed by atoms with Crippen LogP contribution in [0, 0.1) is 28.6 Å². The lowest BCUT2D eigenvalue weighted by molar-refractivity contribution is -0.246. The molecule has 4 fully saturated rings. The van der Waals surface area contributed by atoms with Crippen LogP contribution in [-0.4, -0.2) is 42.3 Å². The highest BCUT2D eigenvalue weighted by molar-refractivity contribution is 5.66. The second kappa shape index (κ2) is 6.29. The fourth-order valence-electron chi connectivity index (χ4n) is 7.84. The number of hydrogen-bond acceptors (Lipinski definition) is 5. The lowest BCUT2D eigenvalue weighted by atomic mass is 9.47. The van der Waals surface area contributed by atoms with Gasteiger partial charge in [0.1, 0.15) is 6.10 Å². The Kier molecular flexibility index (Phi) is 4.29. The first-order valence-electron chi connectivity index (χ1n) is 11.1. The number of carbonyl (C=O) groups excluding carboxylic acids is 1. The van der Waals surface area contributed by atoms with E-state index in [0.717, 1.165) is 44.9 Å². The summed E-state index contributed by atoms with van der Waals surface area (Å²) in [7, 11) is 0. The molecule has 5 aliphatic rings. The van der Waals surface area contributed by atoms with Gasteiger partial charge >= 0.3 is 5.97 Å². The molecule has 5 rings (SSSR count). The zero-order chi connectivity index (χ0) is 19.7. The molecule has 7 atom stereocenters. The van der Waals surface area contributed by atoms with Gasteiger partial charge in [-0.05, 0) is 55.3 Å². The molecule has 156 valence electrons. The Morgan fingerprint density at radius 3 is 2.54 bits per heavy atom. The van der Waals surface area contributed by atoms with E-state index < -0.39 is 11.9 Å². The molecule has 1 N–H and O–H groups in total. The standard InChI is InChI=1S/C23H34O5/c1-14(24)28-16-4-7-21(2)15(12-16)13-19(25)20-17(21)5-8-22(3)18(20)6-9-23(22)26-10-11-27-23/h13,16-20,25H,4-12H2,1-3H3/t16-,17?,18?,19-,20?,21-,22-/m0/s1. The first-order chi connectivity index (χ1) is 13.3. The molecule has 0 amide bonds. The molecule has 3 saturated carbocycles. The van der Waals surface area contributed by atoms with Gasteiger partial charge in [-0.25, -0.2) is 0 Å². The molecule has 1 heterocycles. The van der Waals surface area contributed by atoms with E-state index >= 15 is 0 Å². The van der Waals surface area contributed by atoms with E-state index in [-0.39, 0.29) is 28.8 Å². The monoisotopic (exact) mass is 390 g/mol. The smallest absolute Gasteiger partial charge is 0.302 e. The third-order valence-electron chi connectivity index (χ3n) is 9.21. The number of hydrogen-bond donors (Lipinski definition) is 1. The predicted molar refractivity (Wildman–Crippen MR) is 103 cm³/mol. The van der Waals surface area contributed by atoms with Crippen LogP contribution in [0.2, 0.25) is 0 Å². The van der Waals surface area contributed by atoms with Crippen LogP contribution in [0.5, 0.6) is 0 Å². The maximum atomic E-state index is 11.4. The third kappa shape index (κ3) is 2.45. The van der Waals surface area contributed by atoms with Crippen LogP contribution in [-0.2, 0) is 19.0 Å². The molecule has 4 aliphatic carbocycles. The van der Waals surface area contributed by atoms with Gasteiger partial charge in [-0.3, -0.25) is 4.79 Å². The summed E-state index contributed by atoms with van der Waals surface area (Å²) in [6, 6.07) is 0. The molecule has 1 spiro atoms. The van der Waals surface area contributed by atoms with Crippen molar-refractivity contribution in [3.8, 4) is 0 Å². The lowest BCUT2D eigenvalue weighted by Crippen LogP contribution is -2.58. The highest BCUT2D eigenvalue weighted by Crippen LogP contribution is 2.68. The SMILES string of the molecule is CC(=O)O[C@H]1CC[C@@]2(C)C(=C[C@H](O)C3C2CC[C@@]2(C)C3CCC23OCCO3)C1. The molecule has 0 bridgehead atoms. The van der Waals surface area contributed by atoms with E-state index in [9.17, 15) is 9.90 Å². The molecule has 0 aromatic heterocycles. The Bertz CT molecular complexity index is 695. The number of aliphatic hydroxyl groups is 1. The van der Waals surface area contributed by atoms with Crippen LogP contribution >= 0.6 is 0 Å². The van der Waals surface area contributed by atoms with E-state index in [1.165, 1.54) is 12.5 Å². The largest absolute Gasteiger partial charge is 0.462 e. The molecule has 5 nitrogen and oxygen atoms in total. The number of rotatable bonds is 1. The highest BCUT2D eigenvalue weighted by Gasteiger charge is 2.67. The van der Waals surface area contributed by atoms with Crippen molar-refractivity contribution in [1.29, 1.82) is 0 Å². The van der Waals surface area contributed by atoms with Gasteiger partial charge in [0, 0.05) is 25.2 Å². The lowest BCUT2D eigenvalue weighted by Gasteiger charge is -2.59. The normalized spacial score (nSPS) is 49.1. The number of fused-ring (bicyclic) bond motifs is 6. The summed E-state index contributed by atoms with van der Waals surface area (Å²) in [4.78, 5) is 11.4. The number of aliphatic hydroxyl groups excluding tert-OH is 1. The predicted octanol–water partition coefficient (Wildman–Crippen LogP) is 3.59. The van der Waals surface area contributed by atoms with Crippen LogP contribution in [0.3, 0.4) is 0 Å². The van der Waals surface area contributed by atoms with Crippen LogP contribution < -0.4 is 0 Å². The van der Waals surface area contributed by atoms with Crippen molar-refractivity contribution < 1.29 is 24.1 Å². The van der Waals surface area contributed by atoms with Gasteiger partial charge in [0.2, 0.25) is 0 Å². The van der Waals surface area contributed by atoms with Gasteiger partial charge in [0.25, 0.3) is 0 Å². The van der Waals surface area contributed by atoms with Gasteiger partial charge in [-0.15, -0.1) is 0 Å². The van der Waals surface area contributed by atoms with E-state index in [2.05, 4.69) is 19.9 Å². The van der Waals surface area contributed by atoms with Gasteiger partial charge < -0.3 is 19.3 Å².